The van der Waals surface area contributed by atoms with Gasteiger partial charge >= 0.3 is 12.0 Å². The Balaban J connectivity index is 2.65. The second kappa shape index (κ2) is 6.12. The van der Waals surface area contributed by atoms with Crippen LogP contribution in [0.3, 0.4) is 0 Å². The van der Waals surface area contributed by atoms with E-state index >= 15 is 0 Å². The summed E-state index contributed by atoms with van der Waals surface area (Å²) in [4.78, 5) is 25.8. The third-order valence-corrected chi connectivity index (χ3v) is 1.81. The van der Waals surface area contributed by atoms with E-state index in [1.54, 1.807) is 0 Å². The molecule has 0 aliphatic heterocycles. The summed E-state index contributed by atoms with van der Waals surface area (Å²) in [7, 11) is 0. The van der Waals surface area contributed by atoms with E-state index < -0.39 is 12.0 Å². The van der Waals surface area contributed by atoms with Gasteiger partial charge in [0.15, 0.2) is 5.69 Å². The molecule has 88 valence electrons. The van der Waals surface area contributed by atoms with Gasteiger partial charge in [0, 0.05) is 19.2 Å². The van der Waals surface area contributed by atoms with Gasteiger partial charge in [-0.05, 0) is 12.1 Å². The molecule has 1 heterocycles. The monoisotopic (exact) mass is 233 g/mol. The molecule has 1 aromatic heterocycles. The fourth-order valence-electron chi connectivity index (χ4n) is 1.09. The molecule has 6 nitrogen and oxygen atoms in total. The van der Waals surface area contributed by atoms with Gasteiger partial charge in [-0.2, -0.15) is 0 Å². The molecule has 0 unspecified atom stereocenters. The predicted octanol–water partition coefficient (Wildman–Crippen LogP) is 0.925. The summed E-state index contributed by atoms with van der Waals surface area (Å²) >= 11 is 0. The molecule has 0 aliphatic carbocycles. The molecule has 0 radical (unpaired) electrons. The highest BCUT2D eigenvalue weighted by atomic mass is 16.4. The van der Waals surface area contributed by atoms with Crippen molar-refractivity contribution in [2.75, 3.05) is 11.9 Å². The zero-order valence-corrected chi connectivity index (χ0v) is 8.93. The highest BCUT2D eigenvalue weighted by Gasteiger charge is 2.12. The topological polar surface area (TPSA) is 91.3 Å². The van der Waals surface area contributed by atoms with Crippen molar-refractivity contribution in [2.24, 2.45) is 0 Å². The molecule has 0 saturated heterocycles. The lowest BCUT2D eigenvalue weighted by Crippen LogP contribution is -2.30. The standard InChI is InChI=1S/C11H11N3O3/c1-2-3-6-13-11(17)14-8-5-4-7-12-9(8)10(15)16/h1,4-5,7H,3,6H2,(H,15,16)(H2,13,14,17). The number of carboxylic acid groups (broad SMARTS) is 1. The number of aromatic nitrogens is 1. The van der Waals surface area contributed by atoms with Gasteiger partial charge in [0.05, 0.1) is 5.69 Å². The molecule has 0 spiro atoms. The van der Waals surface area contributed by atoms with Crippen LogP contribution in [0.1, 0.15) is 16.9 Å². The van der Waals surface area contributed by atoms with Gasteiger partial charge in [0.2, 0.25) is 0 Å². The van der Waals surface area contributed by atoms with E-state index in [9.17, 15) is 9.59 Å². The molecule has 17 heavy (non-hydrogen) atoms. The number of pyridine rings is 1. The molecule has 0 aliphatic rings. The third-order valence-electron chi connectivity index (χ3n) is 1.81. The molecule has 6 heteroatoms. The largest absolute Gasteiger partial charge is 0.476 e. The Morgan fingerprint density at radius 3 is 2.94 bits per heavy atom. The Morgan fingerprint density at radius 2 is 2.29 bits per heavy atom. The number of nitrogens with one attached hydrogen (secondary N) is 2. The SMILES string of the molecule is C#CCCNC(=O)Nc1cccnc1C(=O)O. The number of hydrogen-bond donors (Lipinski definition) is 3. The second-order valence-electron chi connectivity index (χ2n) is 3.04. The van der Waals surface area contributed by atoms with Crippen molar-refractivity contribution in [3.63, 3.8) is 0 Å². The first-order valence-electron chi connectivity index (χ1n) is 4.81. The molecule has 1 aromatic rings. The minimum absolute atomic E-state index is 0.137. The number of carbonyl (C=O) groups excluding carboxylic acids is 1. The normalized spacial score (nSPS) is 9.12. The molecule has 0 bridgehead atoms. The number of carbonyl (C=O) groups is 2. The Kier molecular flexibility index (Phi) is 4.51. The molecular weight excluding hydrogens is 222 g/mol. The van der Waals surface area contributed by atoms with Crippen LogP contribution < -0.4 is 10.6 Å². The number of rotatable bonds is 4. The second-order valence-corrected chi connectivity index (χ2v) is 3.04. The fraction of sp³-hybridized carbons (Fsp3) is 0.182. The van der Waals surface area contributed by atoms with E-state index in [4.69, 9.17) is 11.5 Å². The van der Waals surface area contributed by atoms with Crippen molar-refractivity contribution in [1.82, 2.24) is 10.3 Å². The number of nitrogens with zero attached hydrogens (tertiary/aromatic N) is 1. The quantitative estimate of drug-likeness (QED) is 0.532. The first kappa shape index (κ1) is 12.5. The molecule has 0 aromatic carbocycles. The van der Waals surface area contributed by atoms with Crippen molar-refractivity contribution < 1.29 is 14.7 Å². The van der Waals surface area contributed by atoms with Gasteiger partial charge in [0.25, 0.3) is 0 Å². The molecule has 1 rings (SSSR count). The number of anilines is 1. The van der Waals surface area contributed by atoms with Crippen LogP contribution in [0.5, 0.6) is 0 Å². The van der Waals surface area contributed by atoms with Crippen LogP contribution in [-0.4, -0.2) is 28.6 Å². The van der Waals surface area contributed by atoms with Gasteiger partial charge in [-0.1, -0.05) is 0 Å². The average Bonchev–Trinajstić information content (AvgIpc) is 2.29. The average molecular weight is 233 g/mol. The highest BCUT2D eigenvalue weighted by Crippen LogP contribution is 2.11. The lowest BCUT2D eigenvalue weighted by Gasteiger charge is -2.07. The number of amides is 2. The molecule has 0 atom stereocenters. The zero-order chi connectivity index (χ0) is 12.7. The minimum atomic E-state index is -1.20. The van der Waals surface area contributed by atoms with Gasteiger partial charge in [-0.25, -0.2) is 14.6 Å². The van der Waals surface area contributed by atoms with Crippen molar-refractivity contribution in [2.45, 2.75) is 6.42 Å². The summed E-state index contributed by atoms with van der Waals surface area (Å²) in [5.41, 5.74) is -0.0715. The first-order chi connectivity index (χ1) is 8.15. The summed E-state index contributed by atoms with van der Waals surface area (Å²) in [6.45, 7) is 0.324. The summed E-state index contributed by atoms with van der Waals surface area (Å²) in [5, 5.41) is 13.7. The predicted molar refractivity (Wildman–Crippen MR) is 61.7 cm³/mol. The molecular formula is C11H11N3O3. The number of carboxylic acids is 1. The van der Waals surface area contributed by atoms with Crippen LogP contribution in [-0.2, 0) is 0 Å². The van der Waals surface area contributed by atoms with Crippen molar-refractivity contribution in [1.29, 1.82) is 0 Å². The van der Waals surface area contributed by atoms with E-state index in [0.29, 0.717) is 13.0 Å². The Labute approximate surface area is 98.1 Å². The van der Waals surface area contributed by atoms with Crippen LogP contribution in [0.25, 0.3) is 0 Å². The number of urea groups is 1. The summed E-state index contributed by atoms with van der Waals surface area (Å²) in [5.74, 6) is 1.16. The number of aromatic carboxylic acids is 1. The minimum Gasteiger partial charge on any atom is -0.476 e. The van der Waals surface area contributed by atoms with Gasteiger partial charge < -0.3 is 15.7 Å². The van der Waals surface area contributed by atoms with Gasteiger partial charge in [0.1, 0.15) is 0 Å². The number of terminal acetylenes is 1. The summed E-state index contributed by atoms with van der Waals surface area (Å²) in [6.07, 6.45) is 6.77. The summed E-state index contributed by atoms with van der Waals surface area (Å²) < 4.78 is 0. The van der Waals surface area contributed by atoms with E-state index in [1.165, 1.54) is 18.3 Å². The van der Waals surface area contributed by atoms with Gasteiger partial charge in [-0.15, -0.1) is 12.3 Å². The Hall–Kier alpha value is -2.55. The van der Waals surface area contributed by atoms with Gasteiger partial charge in [-0.3, -0.25) is 0 Å². The maximum Gasteiger partial charge on any atom is 0.356 e. The molecule has 2 amide bonds. The van der Waals surface area contributed by atoms with Crippen LogP contribution >= 0.6 is 0 Å². The van der Waals surface area contributed by atoms with Crippen LogP contribution in [0.2, 0.25) is 0 Å². The fourth-order valence-corrected chi connectivity index (χ4v) is 1.09. The highest BCUT2D eigenvalue weighted by molar-refractivity contribution is 5.98. The molecule has 0 fully saturated rings. The lowest BCUT2D eigenvalue weighted by molar-refractivity contribution is 0.0692. The molecule has 3 N–H and O–H groups in total. The number of hydrogen-bond acceptors (Lipinski definition) is 3. The summed E-state index contributed by atoms with van der Waals surface area (Å²) in [6, 6.07) is 2.47. The molecule has 0 saturated carbocycles. The van der Waals surface area contributed by atoms with E-state index in [-0.39, 0.29) is 11.4 Å². The smallest absolute Gasteiger partial charge is 0.356 e. The zero-order valence-electron chi connectivity index (χ0n) is 8.93. The van der Waals surface area contributed by atoms with E-state index in [0.717, 1.165) is 0 Å². The third kappa shape index (κ3) is 3.83. The van der Waals surface area contributed by atoms with Crippen molar-refractivity contribution in [3.05, 3.63) is 24.0 Å². The first-order valence-corrected chi connectivity index (χ1v) is 4.81. The Morgan fingerprint density at radius 1 is 1.53 bits per heavy atom. The lowest BCUT2D eigenvalue weighted by atomic mass is 10.3. The van der Waals surface area contributed by atoms with E-state index in [2.05, 4.69) is 21.5 Å². The van der Waals surface area contributed by atoms with Crippen LogP contribution in [0.4, 0.5) is 10.5 Å². The van der Waals surface area contributed by atoms with Crippen LogP contribution in [0.15, 0.2) is 18.3 Å². The van der Waals surface area contributed by atoms with E-state index in [1.807, 2.05) is 0 Å². The maximum atomic E-state index is 11.4. The maximum absolute atomic E-state index is 11.4. The Bertz CT molecular complexity index is 465. The van der Waals surface area contributed by atoms with Crippen LogP contribution in [0, 0.1) is 12.3 Å². The van der Waals surface area contributed by atoms with Crippen molar-refractivity contribution in [3.8, 4) is 12.3 Å². The van der Waals surface area contributed by atoms with Crippen molar-refractivity contribution >= 4 is 17.7 Å².